The second-order valence-corrected chi connectivity index (χ2v) is 4.12. The van der Waals surface area contributed by atoms with Gasteiger partial charge in [-0.15, -0.1) is 0 Å². The number of likely N-dealkylation sites (N-methyl/N-ethyl adjacent to an activating group) is 1. The van der Waals surface area contributed by atoms with E-state index in [0.717, 1.165) is 0 Å². The zero-order valence-electron chi connectivity index (χ0n) is 8.29. The van der Waals surface area contributed by atoms with Crippen LogP contribution in [0.1, 0.15) is 6.92 Å². The molecule has 0 saturated carbocycles. The molecule has 0 aromatic heterocycles. The highest BCUT2D eigenvalue weighted by atomic mass is 16.8. The lowest BCUT2D eigenvalue weighted by molar-refractivity contribution is -0.949. The number of ether oxygens (including phenoxy) is 3. The molecule has 12 heavy (non-hydrogen) atoms. The van der Waals surface area contributed by atoms with Gasteiger partial charge in [0.1, 0.15) is 13.4 Å². The molecule has 0 aromatic carbocycles. The van der Waals surface area contributed by atoms with Crippen molar-refractivity contribution < 1.29 is 18.7 Å². The fraction of sp³-hybridized carbons (Fsp3) is 1.00. The normalized spacial score (nSPS) is 33.0. The van der Waals surface area contributed by atoms with E-state index < -0.39 is 0 Å². The Hall–Kier alpha value is -0.160. The molecule has 0 bridgehead atoms. The van der Waals surface area contributed by atoms with Crippen LogP contribution in [0.4, 0.5) is 0 Å². The van der Waals surface area contributed by atoms with Crippen molar-refractivity contribution in [2.45, 2.75) is 12.6 Å². The third-order valence-electron chi connectivity index (χ3n) is 2.41. The van der Waals surface area contributed by atoms with Crippen molar-refractivity contribution in [2.24, 2.45) is 0 Å². The van der Waals surface area contributed by atoms with Crippen molar-refractivity contribution in [3.05, 3.63) is 0 Å². The van der Waals surface area contributed by atoms with Gasteiger partial charge in [0.15, 0.2) is 6.79 Å². The van der Waals surface area contributed by atoms with Gasteiger partial charge in [0.2, 0.25) is 5.72 Å². The average Bonchev–Trinajstić information content (AvgIpc) is 2.12. The van der Waals surface area contributed by atoms with Crippen LogP contribution in [-0.2, 0) is 14.2 Å². The summed E-state index contributed by atoms with van der Waals surface area (Å²) in [5.41, 5.74) is -0.309. The zero-order valence-corrected chi connectivity index (χ0v) is 8.29. The lowest BCUT2D eigenvalue weighted by Gasteiger charge is -2.41. The van der Waals surface area contributed by atoms with Crippen LogP contribution < -0.4 is 0 Å². The second-order valence-electron chi connectivity index (χ2n) is 4.12. The molecule has 0 aromatic rings. The Bertz CT molecular complexity index is 145. The summed E-state index contributed by atoms with van der Waals surface area (Å²) >= 11 is 0. The summed E-state index contributed by atoms with van der Waals surface area (Å²) in [4.78, 5) is 0. The van der Waals surface area contributed by atoms with Crippen molar-refractivity contribution in [1.82, 2.24) is 0 Å². The smallest absolute Gasteiger partial charge is 0.226 e. The van der Waals surface area contributed by atoms with Gasteiger partial charge < -0.3 is 14.0 Å². The molecular formula is C8H18NO3+. The van der Waals surface area contributed by atoms with Gasteiger partial charge in [-0.25, -0.2) is 0 Å². The Morgan fingerprint density at radius 3 is 2.33 bits per heavy atom. The molecule has 0 radical (unpaired) electrons. The summed E-state index contributed by atoms with van der Waals surface area (Å²) in [6.45, 7) is 3.24. The summed E-state index contributed by atoms with van der Waals surface area (Å²) in [6.07, 6.45) is 0. The molecule has 0 N–H and O–H groups in total. The monoisotopic (exact) mass is 176 g/mol. The lowest BCUT2D eigenvalue weighted by atomic mass is 10.2. The minimum absolute atomic E-state index is 0.309. The van der Waals surface area contributed by atoms with E-state index in [1.54, 1.807) is 0 Å². The minimum Gasteiger partial charge on any atom is -0.346 e. The molecular weight excluding hydrogens is 158 g/mol. The summed E-state index contributed by atoms with van der Waals surface area (Å²) < 4.78 is 16.6. The molecule has 0 aliphatic carbocycles. The quantitative estimate of drug-likeness (QED) is 0.541. The first kappa shape index (κ1) is 9.92. The lowest BCUT2D eigenvalue weighted by Crippen LogP contribution is -2.59. The molecule has 1 heterocycles. The van der Waals surface area contributed by atoms with Gasteiger partial charge in [-0.3, -0.25) is 4.74 Å². The van der Waals surface area contributed by atoms with E-state index in [-0.39, 0.29) is 5.72 Å². The number of nitrogens with zero attached hydrogens (tertiary/aromatic N) is 1. The third-order valence-corrected chi connectivity index (χ3v) is 2.41. The van der Waals surface area contributed by atoms with Crippen molar-refractivity contribution in [2.75, 3.05) is 41.3 Å². The van der Waals surface area contributed by atoms with E-state index in [2.05, 4.69) is 21.1 Å². The van der Waals surface area contributed by atoms with E-state index in [0.29, 0.717) is 24.7 Å². The third kappa shape index (κ3) is 1.95. The maximum atomic E-state index is 5.58. The summed E-state index contributed by atoms with van der Waals surface area (Å²) in [7, 11) is 6.23. The average molecular weight is 176 g/mol. The van der Waals surface area contributed by atoms with Gasteiger partial charge in [-0.2, -0.15) is 0 Å². The Kier molecular flexibility index (Phi) is 2.73. The van der Waals surface area contributed by atoms with Crippen LogP contribution in [0.2, 0.25) is 0 Å². The van der Waals surface area contributed by atoms with Gasteiger partial charge in [-0.05, 0) is 0 Å². The minimum atomic E-state index is -0.309. The number of quaternary nitrogens is 1. The number of rotatable bonds is 1. The van der Waals surface area contributed by atoms with Crippen LogP contribution in [0.25, 0.3) is 0 Å². The highest BCUT2D eigenvalue weighted by Crippen LogP contribution is 2.22. The largest absolute Gasteiger partial charge is 0.346 e. The standard InChI is InChI=1S/C8H18NO3/c1-8(9(2,3)4)5-10-6-11-7-12-8/h5-7H2,1-4H3/q+1. The van der Waals surface area contributed by atoms with E-state index in [1.165, 1.54) is 0 Å². The van der Waals surface area contributed by atoms with Crippen LogP contribution in [0.5, 0.6) is 0 Å². The predicted molar refractivity (Wildman–Crippen MR) is 44.3 cm³/mol. The fourth-order valence-corrected chi connectivity index (χ4v) is 0.922. The first-order chi connectivity index (χ1) is 5.46. The number of hydrogen-bond acceptors (Lipinski definition) is 3. The maximum Gasteiger partial charge on any atom is 0.226 e. The molecule has 72 valence electrons. The van der Waals surface area contributed by atoms with Crippen molar-refractivity contribution in [1.29, 1.82) is 0 Å². The molecule has 0 spiro atoms. The first-order valence-electron chi connectivity index (χ1n) is 4.07. The molecule has 4 heteroatoms. The van der Waals surface area contributed by atoms with Crippen LogP contribution in [-0.4, -0.2) is 51.5 Å². The highest BCUT2D eigenvalue weighted by molar-refractivity contribution is 4.61. The number of hydrogen-bond donors (Lipinski definition) is 0. The maximum absolute atomic E-state index is 5.58. The highest BCUT2D eigenvalue weighted by Gasteiger charge is 2.41. The SMILES string of the molecule is CC1([N+](C)(C)C)COCOCO1. The van der Waals surface area contributed by atoms with Crippen LogP contribution in [0.15, 0.2) is 0 Å². The van der Waals surface area contributed by atoms with Crippen LogP contribution in [0, 0.1) is 0 Å². The van der Waals surface area contributed by atoms with E-state index in [4.69, 9.17) is 14.2 Å². The first-order valence-corrected chi connectivity index (χ1v) is 4.07. The van der Waals surface area contributed by atoms with E-state index in [1.807, 2.05) is 6.92 Å². The van der Waals surface area contributed by atoms with Crippen molar-refractivity contribution >= 4 is 0 Å². The van der Waals surface area contributed by atoms with Crippen molar-refractivity contribution in [3.8, 4) is 0 Å². The Balaban J connectivity index is 2.67. The Labute approximate surface area is 73.6 Å². The molecule has 1 aliphatic heterocycles. The van der Waals surface area contributed by atoms with E-state index >= 15 is 0 Å². The summed E-state index contributed by atoms with van der Waals surface area (Å²) in [6, 6.07) is 0. The second kappa shape index (κ2) is 3.30. The van der Waals surface area contributed by atoms with E-state index in [9.17, 15) is 0 Å². The van der Waals surface area contributed by atoms with Crippen molar-refractivity contribution in [3.63, 3.8) is 0 Å². The molecule has 1 rings (SSSR count). The molecule has 1 aliphatic rings. The van der Waals surface area contributed by atoms with Gasteiger partial charge in [0, 0.05) is 6.92 Å². The van der Waals surface area contributed by atoms with Gasteiger partial charge in [-0.1, -0.05) is 0 Å². The zero-order chi connectivity index (χ0) is 9.24. The van der Waals surface area contributed by atoms with Gasteiger partial charge in [0.25, 0.3) is 0 Å². The van der Waals surface area contributed by atoms with Crippen LogP contribution >= 0.6 is 0 Å². The molecule has 4 nitrogen and oxygen atoms in total. The molecule has 0 amide bonds. The van der Waals surface area contributed by atoms with Gasteiger partial charge in [0.05, 0.1) is 21.1 Å². The Morgan fingerprint density at radius 2 is 1.75 bits per heavy atom. The molecule has 1 atom stereocenters. The molecule has 1 unspecified atom stereocenters. The molecule has 1 saturated heterocycles. The Morgan fingerprint density at radius 1 is 1.08 bits per heavy atom. The predicted octanol–water partition coefficient (Wildman–Crippen LogP) is 0.387. The fourth-order valence-electron chi connectivity index (χ4n) is 0.922. The summed E-state index contributed by atoms with van der Waals surface area (Å²) in [5.74, 6) is 0. The van der Waals surface area contributed by atoms with Crippen LogP contribution in [0.3, 0.4) is 0 Å². The summed E-state index contributed by atoms with van der Waals surface area (Å²) in [5, 5.41) is 0. The molecule has 1 fully saturated rings. The van der Waals surface area contributed by atoms with Gasteiger partial charge >= 0.3 is 0 Å². The topological polar surface area (TPSA) is 27.7 Å².